The highest BCUT2D eigenvalue weighted by Gasteiger charge is 2.27. The molecule has 1 atom stereocenters. The summed E-state index contributed by atoms with van der Waals surface area (Å²) in [4.78, 5) is 28.6. The predicted octanol–water partition coefficient (Wildman–Crippen LogP) is 2.07. The zero-order chi connectivity index (χ0) is 25.1. The van der Waals surface area contributed by atoms with E-state index in [1.54, 1.807) is 0 Å². The van der Waals surface area contributed by atoms with Crippen molar-refractivity contribution in [3.8, 4) is 0 Å². The molecule has 3 fully saturated rings. The molecule has 1 aromatic carbocycles. The SMILES string of the molecule is CN1CCN(C2CCN(c3ccc(Nc4nc(N[C@@H]5CCNC5)c(Br)nc4C(N)=O)cc3)CC2)CC1. The van der Waals surface area contributed by atoms with E-state index in [2.05, 4.69) is 75.7 Å². The second-order valence-electron chi connectivity index (χ2n) is 9.99. The zero-order valence-electron chi connectivity index (χ0n) is 20.8. The number of nitrogens with one attached hydrogen (secondary N) is 3. The van der Waals surface area contributed by atoms with Crippen molar-refractivity contribution in [2.45, 2.75) is 31.3 Å². The Morgan fingerprint density at radius 3 is 2.39 bits per heavy atom. The quantitative estimate of drug-likeness (QED) is 0.406. The number of halogens is 1. The Kier molecular flexibility index (Phi) is 7.90. The fraction of sp³-hybridized carbons (Fsp3) is 0.560. The highest BCUT2D eigenvalue weighted by molar-refractivity contribution is 9.10. The van der Waals surface area contributed by atoms with Crippen LogP contribution in [0.1, 0.15) is 29.8 Å². The number of hydrogen-bond acceptors (Lipinski definition) is 9. The number of hydrogen-bond donors (Lipinski definition) is 4. The number of primary amides is 1. The lowest BCUT2D eigenvalue weighted by Crippen LogP contribution is -2.52. The second kappa shape index (κ2) is 11.3. The van der Waals surface area contributed by atoms with Gasteiger partial charge in [-0.1, -0.05) is 0 Å². The summed E-state index contributed by atoms with van der Waals surface area (Å²) in [6, 6.07) is 9.25. The molecule has 0 aliphatic carbocycles. The number of carbonyl (C=O) groups excluding carboxylic acids is 1. The van der Waals surface area contributed by atoms with Gasteiger partial charge in [0.1, 0.15) is 4.60 Å². The lowest BCUT2D eigenvalue weighted by Gasteiger charge is -2.42. The topological polar surface area (TPSA) is 115 Å². The number of rotatable bonds is 7. The van der Waals surface area contributed by atoms with Crippen LogP contribution in [0.2, 0.25) is 0 Å². The molecule has 2 aromatic rings. The molecule has 3 aliphatic rings. The van der Waals surface area contributed by atoms with E-state index in [-0.39, 0.29) is 11.7 Å². The van der Waals surface area contributed by atoms with Crippen LogP contribution < -0.4 is 26.6 Å². The molecule has 0 radical (unpaired) electrons. The van der Waals surface area contributed by atoms with E-state index in [1.165, 1.54) is 44.7 Å². The molecule has 10 nitrogen and oxygen atoms in total. The molecule has 5 rings (SSSR count). The molecule has 36 heavy (non-hydrogen) atoms. The first kappa shape index (κ1) is 25.2. The molecule has 3 aliphatic heterocycles. The summed E-state index contributed by atoms with van der Waals surface area (Å²) in [5, 5.41) is 9.97. The third kappa shape index (κ3) is 5.91. The monoisotopic (exact) mass is 557 g/mol. The Hall–Kier alpha value is -2.47. The predicted molar refractivity (Wildman–Crippen MR) is 147 cm³/mol. The summed E-state index contributed by atoms with van der Waals surface area (Å²) in [6.45, 7) is 8.67. The van der Waals surface area contributed by atoms with Crippen molar-refractivity contribution in [3.05, 3.63) is 34.6 Å². The van der Waals surface area contributed by atoms with Crippen molar-refractivity contribution in [3.63, 3.8) is 0 Å². The first-order valence-corrected chi connectivity index (χ1v) is 13.6. The molecule has 3 saturated heterocycles. The smallest absolute Gasteiger partial charge is 0.271 e. The van der Waals surface area contributed by atoms with E-state index in [1.807, 2.05) is 12.1 Å². The maximum absolute atomic E-state index is 12.1. The van der Waals surface area contributed by atoms with Crippen molar-refractivity contribution in [1.29, 1.82) is 0 Å². The zero-order valence-corrected chi connectivity index (χ0v) is 22.4. The van der Waals surface area contributed by atoms with Gasteiger partial charge in [0.2, 0.25) is 0 Å². The minimum absolute atomic E-state index is 0.104. The van der Waals surface area contributed by atoms with E-state index < -0.39 is 5.91 Å². The molecule has 1 amide bonds. The van der Waals surface area contributed by atoms with Crippen LogP contribution in [0.3, 0.4) is 0 Å². The van der Waals surface area contributed by atoms with Crippen molar-refractivity contribution in [2.24, 2.45) is 5.73 Å². The van der Waals surface area contributed by atoms with Gasteiger partial charge in [0.25, 0.3) is 5.91 Å². The minimum Gasteiger partial charge on any atom is -0.371 e. The molecule has 0 spiro atoms. The normalized spacial score (nSPS) is 22.1. The molecule has 0 unspecified atom stereocenters. The second-order valence-corrected chi connectivity index (χ2v) is 10.7. The van der Waals surface area contributed by atoms with Crippen molar-refractivity contribution < 1.29 is 4.79 Å². The summed E-state index contributed by atoms with van der Waals surface area (Å²) >= 11 is 3.43. The van der Waals surface area contributed by atoms with Crippen LogP contribution in [0.4, 0.5) is 23.0 Å². The van der Waals surface area contributed by atoms with Crippen LogP contribution in [0, 0.1) is 0 Å². The van der Waals surface area contributed by atoms with Gasteiger partial charge in [0.05, 0.1) is 0 Å². The van der Waals surface area contributed by atoms with Crippen LogP contribution >= 0.6 is 15.9 Å². The molecule has 194 valence electrons. The van der Waals surface area contributed by atoms with E-state index >= 15 is 0 Å². The van der Waals surface area contributed by atoms with Crippen molar-refractivity contribution in [2.75, 3.05) is 74.9 Å². The summed E-state index contributed by atoms with van der Waals surface area (Å²) in [6.07, 6.45) is 3.40. The van der Waals surface area contributed by atoms with Gasteiger partial charge < -0.3 is 31.5 Å². The molecule has 5 N–H and O–H groups in total. The summed E-state index contributed by atoms with van der Waals surface area (Å²) in [5.41, 5.74) is 7.75. The molecule has 0 bridgehead atoms. The molecule has 0 saturated carbocycles. The van der Waals surface area contributed by atoms with Gasteiger partial charge in [-0.2, -0.15) is 0 Å². The van der Waals surface area contributed by atoms with Crippen LogP contribution in [0.5, 0.6) is 0 Å². The number of anilines is 4. The van der Waals surface area contributed by atoms with E-state index in [0.717, 1.165) is 38.3 Å². The summed E-state index contributed by atoms with van der Waals surface area (Å²) in [5.74, 6) is 0.315. The number of piperidine rings is 1. The maximum Gasteiger partial charge on any atom is 0.271 e. The largest absolute Gasteiger partial charge is 0.371 e. The Balaban J connectivity index is 1.23. The van der Waals surface area contributed by atoms with Gasteiger partial charge in [-0.05, 0) is 73.1 Å². The third-order valence-corrected chi connectivity index (χ3v) is 8.05. The van der Waals surface area contributed by atoms with Crippen molar-refractivity contribution >= 4 is 44.8 Å². The van der Waals surface area contributed by atoms with Gasteiger partial charge >= 0.3 is 0 Å². The summed E-state index contributed by atoms with van der Waals surface area (Å²) in [7, 11) is 2.21. The fourth-order valence-corrected chi connectivity index (χ4v) is 5.69. The average molecular weight is 559 g/mol. The maximum atomic E-state index is 12.1. The lowest BCUT2D eigenvalue weighted by atomic mass is 10.0. The number of likely N-dealkylation sites (N-methyl/N-ethyl adjacent to an activating group) is 1. The Bertz CT molecular complexity index is 1040. The Labute approximate surface area is 221 Å². The number of nitrogens with two attached hydrogens (primary N) is 1. The number of piperazine rings is 1. The molecular weight excluding hydrogens is 522 g/mol. The highest BCUT2D eigenvalue weighted by atomic mass is 79.9. The average Bonchev–Trinajstić information content (AvgIpc) is 3.40. The number of aromatic nitrogens is 2. The standard InChI is InChI=1S/C25H36BrN9O/c1-33-12-14-35(15-13-33)20-7-10-34(11-8-20)19-4-2-17(3-5-19)29-24-21(23(27)36)31-22(26)25(32-24)30-18-6-9-28-16-18/h2-5,18,20,28H,6-16H2,1H3,(H2,27,36)(H2,29,30,32)/t18-/m1/s1. The number of carbonyl (C=O) groups is 1. The first-order valence-electron chi connectivity index (χ1n) is 12.9. The number of amides is 1. The minimum atomic E-state index is -0.625. The van der Waals surface area contributed by atoms with Gasteiger partial charge in [0.15, 0.2) is 17.3 Å². The molecular formula is C25H36BrN9O. The Morgan fingerprint density at radius 2 is 1.75 bits per heavy atom. The molecule has 1 aromatic heterocycles. The number of benzene rings is 1. The van der Waals surface area contributed by atoms with Gasteiger partial charge in [-0.15, -0.1) is 0 Å². The van der Waals surface area contributed by atoms with Crippen molar-refractivity contribution in [1.82, 2.24) is 25.1 Å². The Morgan fingerprint density at radius 1 is 1.03 bits per heavy atom. The first-order chi connectivity index (χ1) is 17.5. The summed E-state index contributed by atoms with van der Waals surface area (Å²) < 4.78 is 0.476. The van der Waals surface area contributed by atoms with Crippen LogP contribution in [0.15, 0.2) is 28.9 Å². The van der Waals surface area contributed by atoms with E-state index in [9.17, 15) is 4.79 Å². The number of nitrogens with zero attached hydrogens (tertiary/aromatic N) is 5. The van der Waals surface area contributed by atoms with Crippen LogP contribution in [-0.2, 0) is 0 Å². The van der Waals surface area contributed by atoms with E-state index in [4.69, 9.17) is 5.73 Å². The van der Waals surface area contributed by atoms with E-state index in [0.29, 0.717) is 22.3 Å². The van der Waals surface area contributed by atoms with Gasteiger partial charge in [0, 0.05) is 69.3 Å². The fourth-order valence-electron chi connectivity index (χ4n) is 5.31. The van der Waals surface area contributed by atoms with Gasteiger partial charge in [-0.3, -0.25) is 9.69 Å². The highest BCUT2D eigenvalue weighted by Crippen LogP contribution is 2.28. The van der Waals surface area contributed by atoms with Crippen LogP contribution in [-0.4, -0.2) is 97.2 Å². The molecule has 4 heterocycles. The third-order valence-electron chi connectivity index (χ3n) is 7.50. The lowest BCUT2D eigenvalue weighted by molar-refractivity contribution is 0.0982. The van der Waals surface area contributed by atoms with Gasteiger partial charge in [-0.25, -0.2) is 9.97 Å². The molecule has 11 heteroatoms. The van der Waals surface area contributed by atoms with Crippen LogP contribution in [0.25, 0.3) is 0 Å².